The van der Waals surface area contributed by atoms with Crippen molar-refractivity contribution in [1.82, 2.24) is 10.3 Å². The summed E-state index contributed by atoms with van der Waals surface area (Å²) in [5.74, 6) is 2.66. The van der Waals surface area contributed by atoms with Gasteiger partial charge in [-0.1, -0.05) is 20.8 Å². The summed E-state index contributed by atoms with van der Waals surface area (Å²) < 4.78 is 1.06. The Kier molecular flexibility index (Phi) is 5.22. The van der Waals surface area contributed by atoms with Crippen molar-refractivity contribution < 1.29 is 0 Å². The molecule has 1 aliphatic heterocycles. The fourth-order valence-corrected chi connectivity index (χ4v) is 2.97. The molecule has 2 atom stereocenters. The van der Waals surface area contributed by atoms with Crippen LogP contribution in [0.2, 0.25) is 0 Å². The maximum absolute atomic E-state index is 4.65. The first-order valence-electron chi connectivity index (χ1n) is 7.22. The van der Waals surface area contributed by atoms with Gasteiger partial charge in [-0.25, -0.2) is 4.98 Å². The van der Waals surface area contributed by atoms with Crippen LogP contribution in [0.15, 0.2) is 16.7 Å². The number of aromatic nitrogens is 1. The van der Waals surface area contributed by atoms with E-state index in [0.29, 0.717) is 0 Å². The molecule has 2 unspecified atom stereocenters. The summed E-state index contributed by atoms with van der Waals surface area (Å²) in [7, 11) is 0. The molecule has 1 saturated heterocycles. The number of nitrogens with zero attached hydrogens (tertiary/aromatic N) is 2. The third-order valence-corrected chi connectivity index (χ3v) is 4.37. The van der Waals surface area contributed by atoms with Crippen LogP contribution in [0.5, 0.6) is 0 Å². The molecule has 2 heterocycles. The molecular formula is C15H24BrN3. The van der Waals surface area contributed by atoms with E-state index in [1.54, 1.807) is 0 Å². The maximum atomic E-state index is 4.65. The van der Waals surface area contributed by atoms with Crippen molar-refractivity contribution in [1.29, 1.82) is 0 Å². The van der Waals surface area contributed by atoms with Gasteiger partial charge in [-0.3, -0.25) is 0 Å². The molecule has 1 aromatic heterocycles. The first kappa shape index (κ1) is 14.8. The number of pyridine rings is 1. The van der Waals surface area contributed by atoms with Crippen molar-refractivity contribution in [2.24, 2.45) is 11.8 Å². The average molecular weight is 326 g/mol. The van der Waals surface area contributed by atoms with Crippen LogP contribution in [0.1, 0.15) is 32.8 Å². The normalized spacial score (nSPS) is 23.1. The Morgan fingerprint density at radius 1 is 1.37 bits per heavy atom. The minimum absolute atomic E-state index is 0.752. The number of halogens is 1. The molecule has 0 spiro atoms. The summed E-state index contributed by atoms with van der Waals surface area (Å²) in [6.07, 6.45) is 3.07. The van der Waals surface area contributed by atoms with E-state index in [1.807, 2.05) is 6.20 Å². The van der Waals surface area contributed by atoms with Gasteiger partial charge in [0.05, 0.1) is 0 Å². The fourth-order valence-electron chi connectivity index (χ4n) is 2.59. The topological polar surface area (TPSA) is 28.2 Å². The summed E-state index contributed by atoms with van der Waals surface area (Å²) in [5, 5.41) is 3.48. The third kappa shape index (κ3) is 3.69. The van der Waals surface area contributed by atoms with Crippen molar-refractivity contribution in [3.63, 3.8) is 0 Å². The lowest BCUT2D eigenvalue weighted by Gasteiger charge is -2.21. The van der Waals surface area contributed by atoms with Crippen LogP contribution in [-0.4, -0.2) is 24.6 Å². The summed E-state index contributed by atoms with van der Waals surface area (Å²) in [6.45, 7) is 11.1. The van der Waals surface area contributed by atoms with Crippen LogP contribution >= 0.6 is 15.9 Å². The predicted octanol–water partition coefficient (Wildman–Crippen LogP) is 3.44. The number of rotatable bonds is 5. The second-order valence-corrected chi connectivity index (χ2v) is 6.59. The Bertz CT molecular complexity index is 412. The lowest BCUT2D eigenvalue weighted by Crippen LogP contribution is -2.24. The van der Waals surface area contributed by atoms with Gasteiger partial charge < -0.3 is 10.2 Å². The molecule has 0 aromatic carbocycles. The first-order valence-corrected chi connectivity index (χ1v) is 8.01. The number of nitrogens with one attached hydrogen (secondary N) is 1. The van der Waals surface area contributed by atoms with E-state index < -0.39 is 0 Å². The van der Waals surface area contributed by atoms with Gasteiger partial charge in [-0.15, -0.1) is 0 Å². The van der Waals surface area contributed by atoms with Gasteiger partial charge in [0.2, 0.25) is 0 Å². The van der Waals surface area contributed by atoms with E-state index in [-0.39, 0.29) is 0 Å². The molecule has 0 aliphatic carbocycles. The predicted molar refractivity (Wildman–Crippen MR) is 84.5 cm³/mol. The quantitative estimate of drug-likeness (QED) is 0.840. The fraction of sp³-hybridized carbons (Fsp3) is 0.667. The van der Waals surface area contributed by atoms with Gasteiger partial charge >= 0.3 is 0 Å². The molecule has 19 heavy (non-hydrogen) atoms. The SMILES string of the molecule is CCCNCc1cc(Br)cnc1N1CC(C)C(C)C1. The van der Waals surface area contributed by atoms with E-state index in [9.17, 15) is 0 Å². The highest BCUT2D eigenvalue weighted by molar-refractivity contribution is 9.10. The number of hydrogen-bond donors (Lipinski definition) is 1. The molecule has 0 amide bonds. The minimum Gasteiger partial charge on any atom is -0.356 e. The monoisotopic (exact) mass is 325 g/mol. The second-order valence-electron chi connectivity index (χ2n) is 5.67. The van der Waals surface area contributed by atoms with Crippen LogP contribution < -0.4 is 10.2 Å². The van der Waals surface area contributed by atoms with Crippen LogP contribution in [0.3, 0.4) is 0 Å². The van der Waals surface area contributed by atoms with Crippen LogP contribution in [-0.2, 0) is 6.54 Å². The van der Waals surface area contributed by atoms with Crippen molar-refractivity contribution in [2.75, 3.05) is 24.5 Å². The van der Waals surface area contributed by atoms with Gasteiger partial charge in [0.15, 0.2) is 0 Å². The molecule has 2 rings (SSSR count). The van der Waals surface area contributed by atoms with Crippen molar-refractivity contribution in [3.8, 4) is 0 Å². The molecule has 1 N–H and O–H groups in total. The largest absolute Gasteiger partial charge is 0.356 e. The van der Waals surface area contributed by atoms with Crippen LogP contribution in [0.25, 0.3) is 0 Å². The second kappa shape index (κ2) is 6.71. The summed E-state index contributed by atoms with van der Waals surface area (Å²) in [6, 6.07) is 2.19. The summed E-state index contributed by atoms with van der Waals surface area (Å²) >= 11 is 3.53. The van der Waals surface area contributed by atoms with Crippen LogP contribution in [0.4, 0.5) is 5.82 Å². The molecule has 0 radical (unpaired) electrons. The van der Waals surface area contributed by atoms with Gasteiger partial charge in [-0.05, 0) is 46.8 Å². The van der Waals surface area contributed by atoms with Gasteiger partial charge in [0.25, 0.3) is 0 Å². The van der Waals surface area contributed by atoms with Crippen LogP contribution in [0, 0.1) is 11.8 Å². The molecule has 3 nitrogen and oxygen atoms in total. The Morgan fingerprint density at radius 3 is 2.68 bits per heavy atom. The zero-order valence-corrected chi connectivity index (χ0v) is 13.7. The van der Waals surface area contributed by atoms with E-state index in [2.05, 4.69) is 58.0 Å². The molecule has 1 aliphatic rings. The maximum Gasteiger partial charge on any atom is 0.133 e. The standard InChI is InChI=1S/C15H24BrN3/c1-4-5-17-7-13-6-14(16)8-18-15(13)19-9-11(2)12(3)10-19/h6,8,11-12,17H,4-5,7,9-10H2,1-3H3. The molecule has 0 bridgehead atoms. The first-order chi connectivity index (χ1) is 9.11. The molecule has 106 valence electrons. The Hall–Kier alpha value is -0.610. The molecule has 4 heteroatoms. The third-order valence-electron chi connectivity index (χ3n) is 3.94. The highest BCUT2D eigenvalue weighted by Gasteiger charge is 2.28. The van der Waals surface area contributed by atoms with Crippen molar-refractivity contribution in [2.45, 2.75) is 33.7 Å². The lowest BCUT2D eigenvalue weighted by molar-refractivity contribution is 0.494. The highest BCUT2D eigenvalue weighted by atomic mass is 79.9. The van der Waals surface area contributed by atoms with Gasteiger partial charge in [0, 0.05) is 35.9 Å². The molecule has 1 aromatic rings. The van der Waals surface area contributed by atoms with E-state index in [1.165, 1.54) is 5.56 Å². The number of hydrogen-bond acceptors (Lipinski definition) is 3. The van der Waals surface area contributed by atoms with Gasteiger partial charge in [0.1, 0.15) is 5.82 Å². The van der Waals surface area contributed by atoms with Crippen molar-refractivity contribution in [3.05, 3.63) is 22.3 Å². The van der Waals surface area contributed by atoms with Gasteiger partial charge in [-0.2, -0.15) is 0 Å². The molecule has 1 fully saturated rings. The van der Waals surface area contributed by atoms with E-state index in [0.717, 1.165) is 54.7 Å². The number of anilines is 1. The molecular weight excluding hydrogens is 302 g/mol. The lowest BCUT2D eigenvalue weighted by atomic mass is 10.0. The molecule has 0 saturated carbocycles. The zero-order chi connectivity index (χ0) is 13.8. The Balaban J connectivity index is 2.14. The zero-order valence-electron chi connectivity index (χ0n) is 12.1. The van der Waals surface area contributed by atoms with E-state index >= 15 is 0 Å². The van der Waals surface area contributed by atoms with Crippen molar-refractivity contribution >= 4 is 21.7 Å². The van der Waals surface area contributed by atoms with E-state index in [4.69, 9.17) is 0 Å². The summed E-state index contributed by atoms with van der Waals surface area (Å²) in [4.78, 5) is 7.08. The Labute approximate surface area is 124 Å². The highest BCUT2D eigenvalue weighted by Crippen LogP contribution is 2.29. The smallest absolute Gasteiger partial charge is 0.133 e. The average Bonchev–Trinajstić information content (AvgIpc) is 2.70. The summed E-state index contributed by atoms with van der Waals surface area (Å²) in [5.41, 5.74) is 1.30. The minimum atomic E-state index is 0.752. The Morgan fingerprint density at radius 2 is 2.05 bits per heavy atom.